The van der Waals surface area contributed by atoms with Crippen molar-refractivity contribution in [1.82, 2.24) is 0 Å². The Morgan fingerprint density at radius 1 is 1.50 bits per heavy atom. The first-order valence-electron chi connectivity index (χ1n) is 3.38. The number of ether oxygens (including phenoxy) is 1. The normalized spacial score (nSPS) is 10.6. The van der Waals surface area contributed by atoms with Gasteiger partial charge in [-0.3, -0.25) is 0 Å². The van der Waals surface area contributed by atoms with Crippen LogP contribution in [0.4, 0.5) is 4.39 Å². The molecule has 3 heteroatoms. The molecule has 0 unspecified atom stereocenters. The first kappa shape index (κ1) is 9.26. The van der Waals surface area contributed by atoms with Crippen molar-refractivity contribution in [2.75, 3.05) is 7.11 Å². The van der Waals surface area contributed by atoms with E-state index in [-0.39, 0.29) is 11.6 Å². The second-order valence-corrected chi connectivity index (χ2v) is 2.72. The smallest absolute Gasteiger partial charge is 0.165 e. The molecule has 0 saturated heterocycles. The van der Waals surface area contributed by atoms with Gasteiger partial charge in [0.05, 0.1) is 7.11 Å². The van der Waals surface area contributed by atoms with Crippen molar-refractivity contribution >= 4 is 22.0 Å². The van der Waals surface area contributed by atoms with Gasteiger partial charge in [-0.05, 0) is 28.8 Å². The van der Waals surface area contributed by atoms with Crippen LogP contribution in [0.25, 0.3) is 6.08 Å². The minimum absolute atomic E-state index is 0.265. The summed E-state index contributed by atoms with van der Waals surface area (Å²) in [7, 11) is 1.44. The Kier molecular flexibility index (Phi) is 3.29. The molecule has 1 aromatic carbocycles. The van der Waals surface area contributed by atoms with E-state index < -0.39 is 0 Å². The van der Waals surface area contributed by atoms with Crippen LogP contribution >= 0.6 is 15.9 Å². The van der Waals surface area contributed by atoms with Crippen molar-refractivity contribution in [1.29, 1.82) is 0 Å². The molecule has 0 atom stereocenters. The lowest BCUT2D eigenvalue weighted by molar-refractivity contribution is 0.386. The highest BCUT2D eigenvalue weighted by Gasteiger charge is 2.00. The summed E-state index contributed by atoms with van der Waals surface area (Å²) >= 11 is 3.11. The molecular formula is C9H8BrFO. The summed E-state index contributed by atoms with van der Waals surface area (Å²) in [6, 6.07) is 4.79. The molecule has 0 spiro atoms. The van der Waals surface area contributed by atoms with E-state index in [1.807, 2.05) is 0 Å². The maximum atomic E-state index is 13.0. The zero-order chi connectivity index (χ0) is 8.97. The predicted molar refractivity (Wildman–Crippen MR) is 50.9 cm³/mol. The molecule has 12 heavy (non-hydrogen) atoms. The van der Waals surface area contributed by atoms with E-state index in [9.17, 15) is 4.39 Å². The topological polar surface area (TPSA) is 9.23 Å². The summed E-state index contributed by atoms with van der Waals surface area (Å²) in [5.74, 6) is -0.0812. The van der Waals surface area contributed by atoms with Crippen LogP contribution in [0.5, 0.6) is 5.75 Å². The van der Waals surface area contributed by atoms with E-state index in [1.165, 1.54) is 13.2 Å². The van der Waals surface area contributed by atoms with Crippen molar-refractivity contribution < 1.29 is 9.13 Å². The highest BCUT2D eigenvalue weighted by molar-refractivity contribution is 9.11. The number of benzene rings is 1. The van der Waals surface area contributed by atoms with Gasteiger partial charge in [-0.2, -0.15) is 0 Å². The predicted octanol–water partition coefficient (Wildman–Crippen LogP) is 3.20. The van der Waals surface area contributed by atoms with Gasteiger partial charge in [-0.1, -0.05) is 22.0 Å². The van der Waals surface area contributed by atoms with Crippen molar-refractivity contribution in [3.8, 4) is 5.75 Å². The Morgan fingerprint density at radius 3 is 2.75 bits per heavy atom. The van der Waals surface area contributed by atoms with Gasteiger partial charge in [0.15, 0.2) is 11.6 Å². The maximum absolute atomic E-state index is 13.0. The first-order chi connectivity index (χ1) is 5.77. The van der Waals surface area contributed by atoms with Crippen LogP contribution in [-0.2, 0) is 0 Å². The van der Waals surface area contributed by atoms with Gasteiger partial charge in [-0.15, -0.1) is 0 Å². The molecule has 0 heterocycles. The van der Waals surface area contributed by atoms with Crippen LogP contribution in [0.3, 0.4) is 0 Å². The van der Waals surface area contributed by atoms with Gasteiger partial charge in [0.2, 0.25) is 0 Å². The Balaban J connectivity index is 3.01. The van der Waals surface area contributed by atoms with E-state index >= 15 is 0 Å². The van der Waals surface area contributed by atoms with Crippen molar-refractivity contribution in [2.45, 2.75) is 0 Å². The van der Waals surface area contributed by atoms with Gasteiger partial charge in [0.25, 0.3) is 0 Å². The van der Waals surface area contributed by atoms with Crippen LogP contribution < -0.4 is 4.74 Å². The maximum Gasteiger partial charge on any atom is 0.165 e. The molecule has 0 bridgehead atoms. The van der Waals surface area contributed by atoms with Gasteiger partial charge >= 0.3 is 0 Å². The van der Waals surface area contributed by atoms with Crippen LogP contribution in [0, 0.1) is 5.82 Å². The number of hydrogen-bond acceptors (Lipinski definition) is 1. The molecule has 0 aliphatic heterocycles. The quantitative estimate of drug-likeness (QED) is 0.759. The van der Waals surface area contributed by atoms with E-state index in [4.69, 9.17) is 4.74 Å². The lowest BCUT2D eigenvalue weighted by atomic mass is 10.2. The molecule has 0 aliphatic rings. The van der Waals surface area contributed by atoms with E-state index in [1.54, 1.807) is 23.2 Å². The van der Waals surface area contributed by atoms with E-state index in [0.29, 0.717) is 0 Å². The highest BCUT2D eigenvalue weighted by atomic mass is 79.9. The molecule has 0 aromatic heterocycles. The minimum atomic E-state index is -0.347. The third kappa shape index (κ3) is 2.08. The van der Waals surface area contributed by atoms with Crippen molar-refractivity contribution in [2.24, 2.45) is 0 Å². The fourth-order valence-electron chi connectivity index (χ4n) is 0.859. The lowest BCUT2D eigenvalue weighted by Gasteiger charge is -2.01. The molecule has 0 aliphatic carbocycles. The van der Waals surface area contributed by atoms with Gasteiger partial charge in [0.1, 0.15) is 0 Å². The second-order valence-electron chi connectivity index (χ2n) is 2.19. The largest absolute Gasteiger partial charge is 0.494 e. The summed E-state index contributed by atoms with van der Waals surface area (Å²) in [4.78, 5) is 1.67. The fourth-order valence-corrected chi connectivity index (χ4v) is 1.16. The van der Waals surface area contributed by atoms with Crippen LogP contribution in [0.2, 0.25) is 0 Å². The van der Waals surface area contributed by atoms with Crippen molar-refractivity contribution in [3.63, 3.8) is 0 Å². The summed E-state index contributed by atoms with van der Waals surface area (Å²) < 4.78 is 17.8. The first-order valence-corrected chi connectivity index (χ1v) is 4.30. The Bertz CT molecular complexity index is 297. The molecule has 64 valence electrons. The molecule has 1 nitrogen and oxygen atoms in total. The Hall–Kier alpha value is -0.830. The average Bonchev–Trinajstić information content (AvgIpc) is 2.05. The minimum Gasteiger partial charge on any atom is -0.494 e. The van der Waals surface area contributed by atoms with Crippen LogP contribution in [0.15, 0.2) is 23.2 Å². The summed E-state index contributed by atoms with van der Waals surface area (Å²) in [6.45, 7) is 0. The van der Waals surface area contributed by atoms with Gasteiger partial charge in [-0.25, -0.2) is 4.39 Å². The fraction of sp³-hybridized carbons (Fsp3) is 0.111. The average molecular weight is 231 g/mol. The SMILES string of the molecule is COc1ccc(C=CBr)cc1F. The highest BCUT2D eigenvalue weighted by Crippen LogP contribution is 2.18. The van der Waals surface area contributed by atoms with Crippen molar-refractivity contribution in [3.05, 3.63) is 34.6 Å². The molecule has 0 amide bonds. The molecule has 0 saturated carbocycles. The molecule has 1 aromatic rings. The standard InChI is InChI=1S/C9H8BrFO/c1-12-9-3-2-7(4-5-10)6-8(9)11/h2-6H,1H3. The molecule has 0 N–H and O–H groups in total. The van der Waals surface area contributed by atoms with Gasteiger partial charge < -0.3 is 4.74 Å². The summed E-state index contributed by atoms with van der Waals surface area (Å²) in [5.41, 5.74) is 0.796. The zero-order valence-corrected chi connectivity index (χ0v) is 8.14. The third-order valence-electron chi connectivity index (χ3n) is 1.43. The van der Waals surface area contributed by atoms with E-state index in [2.05, 4.69) is 15.9 Å². The molecule has 1 rings (SSSR count). The number of methoxy groups -OCH3 is 1. The Morgan fingerprint density at radius 2 is 2.25 bits per heavy atom. The van der Waals surface area contributed by atoms with Crippen LogP contribution in [-0.4, -0.2) is 7.11 Å². The van der Waals surface area contributed by atoms with Gasteiger partial charge in [0, 0.05) is 0 Å². The lowest BCUT2D eigenvalue weighted by Crippen LogP contribution is -1.87. The molecule has 0 fully saturated rings. The number of hydrogen-bond donors (Lipinski definition) is 0. The number of rotatable bonds is 2. The summed E-state index contributed by atoms with van der Waals surface area (Å²) in [6.07, 6.45) is 1.75. The monoisotopic (exact) mass is 230 g/mol. The summed E-state index contributed by atoms with van der Waals surface area (Å²) in [5, 5.41) is 0. The van der Waals surface area contributed by atoms with Crippen LogP contribution in [0.1, 0.15) is 5.56 Å². The zero-order valence-electron chi connectivity index (χ0n) is 6.55. The molecule has 0 radical (unpaired) electrons. The molecular weight excluding hydrogens is 223 g/mol. The third-order valence-corrected chi connectivity index (χ3v) is 1.70. The van der Waals surface area contributed by atoms with E-state index in [0.717, 1.165) is 5.56 Å². The Labute approximate surface area is 79.0 Å². The second kappa shape index (κ2) is 4.26. The number of halogens is 2.